The smallest absolute Gasteiger partial charge is 0.255 e. The largest absolute Gasteiger partial charge is 0.376 e. The number of aliphatic hydroxyl groups excluding tert-OH is 1. The molecular formula is C32H43N5O2. The first-order valence-electron chi connectivity index (χ1n) is 13.7. The number of carbonyl (C=O) groups is 1. The molecule has 3 rings (SSSR count). The number of amides is 1. The van der Waals surface area contributed by atoms with E-state index >= 15 is 0 Å². The zero-order chi connectivity index (χ0) is 28.6. The van der Waals surface area contributed by atoms with E-state index in [1.165, 1.54) is 0 Å². The van der Waals surface area contributed by atoms with Crippen molar-refractivity contribution >= 4 is 23.2 Å². The number of rotatable bonds is 12. The molecule has 0 aliphatic carbocycles. The molecule has 7 nitrogen and oxygen atoms in total. The number of anilines is 3. The van der Waals surface area contributed by atoms with Crippen LogP contribution >= 0.6 is 0 Å². The SMILES string of the molecule is C=CCCN(CCC)c1cc(-c2cc(NC(=O)c3ccnc(C(C)(C)C)c3)ccc2C)cc(N(CC)CO)n1. The van der Waals surface area contributed by atoms with Gasteiger partial charge in [-0.25, -0.2) is 4.98 Å². The minimum Gasteiger partial charge on any atom is -0.376 e. The van der Waals surface area contributed by atoms with Crippen LogP contribution < -0.4 is 15.1 Å². The highest BCUT2D eigenvalue weighted by Gasteiger charge is 2.19. The van der Waals surface area contributed by atoms with Crippen molar-refractivity contribution in [3.05, 3.63) is 78.1 Å². The van der Waals surface area contributed by atoms with Gasteiger partial charge in [-0.1, -0.05) is 39.8 Å². The number of aliphatic hydroxyl groups is 1. The molecule has 0 fully saturated rings. The lowest BCUT2D eigenvalue weighted by molar-refractivity contribution is 0.102. The van der Waals surface area contributed by atoms with Gasteiger partial charge in [0, 0.05) is 48.2 Å². The van der Waals surface area contributed by atoms with Crippen molar-refractivity contribution in [2.24, 2.45) is 0 Å². The lowest BCUT2D eigenvalue weighted by atomic mass is 9.91. The third-order valence-corrected chi connectivity index (χ3v) is 6.69. The fourth-order valence-corrected chi connectivity index (χ4v) is 4.37. The summed E-state index contributed by atoms with van der Waals surface area (Å²) in [6.07, 6.45) is 5.45. The first kappa shape index (κ1) is 29.8. The Bertz CT molecular complexity index is 1280. The number of pyridine rings is 2. The minimum absolute atomic E-state index is 0.121. The molecule has 2 aromatic heterocycles. The molecule has 1 amide bonds. The van der Waals surface area contributed by atoms with Crippen molar-refractivity contribution in [1.29, 1.82) is 0 Å². The van der Waals surface area contributed by atoms with Gasteiger partial charge < -0.3 is 20.2 Å². The van der Waals surface area contributed by atoms with Crippen LogP contribution in [0.4, 0.5) is 17.3 Å². The fourth-order valence-electron chi connectivity index (χ4n) is 4.37. The third-order valence-electron chi connectivity index (χ3n) is 6.69. The van der Waals surface area contributed by atoms with Crippen LogP contribution in [-0.4, -0.2) is 47.3 Å². The van der Waals surface area contributed by atoms with Crippen molar-refractivity contribution < 1.29 is 9.90 Å². The van der Waals surface area contributed by atoms with Gasteiger partial charge in [0.15, 0.2) is 0 Å². The molecule has 0 bridgehead atoms. The van der Waals surface area contributed by atoms with Crippen molar-refractivity contribution in [2.45, 2.75) is 59.8 Å². The molecule has 2 N–H and O–H groups in total. The number of carbonyl (C=O) groups excluding carboxylic acids is 1. The molecule has 1 aromatic carbocycles. The molecule has 0 radical (unpaired) electrons. The number of hydrogen-bond donors (Lipinski definition) is 2. The van der Waals surface area contributed by atoms with Gasteiger partial charge in [-0.15, -0.1) is 6.58 Å². The monoisotopic (exact) mass is 529 g/mol. The summed E-state index contributed by atoms with van der Waals surface area (Å²) in [5.41, 5.74) is 5.06. The van der Waals surface area contributed by atoms with Gasteiger partial charge in [-0.3, -0.25) is 9.78 Å². The maximum absolute atomic E-state index is 13.2. The summed E-state index contributed by atoms with van der Waals surface area (Å²) >= 11 is 0. The molecule has 208 valence electrons. The number of nitrogens with one attached hydrogen (secondary N) is 1. The van der Waals surface area contributed by atoms with Gasteiger partial charge in [0.2, 0.25) is 0 Å². The van der Waals surface area contributed by atoms with Crippen LogP contribution in [0, 0.1) is 6.92 Å². The zero-order valence-corrected chi connectivity index (χ0v) is 24.3. The summed E-state index contributed by atoms with van der Waals surface area (Å²) in [7, 11) is 0. The van der Waals surface area contributed by atoms with E-state index in [1.807, 2.05) is 48.2 Å². The van der Waals surface area contributed by atoms with Gasteiger partial charge in [-0.2, -0.15) is 0 Å². The van der Waals surface area contributed by atoms with Crippen molar-refractivity contribution in [1.82, 2.24) is 9.97 Å². The molecule has 7 heteroatoms. The van der Waals surface area contributed by atoms with E-state index in [1.54, 1.807) is 12.3 Å². The summed E-state index contributed by atoms with van der Waals surface area (Å²) in [6.45, 7) is 18.5. The molecule has 2 heterocycles. The normalized spacial score (nSPS) is 11.3. The number of hydrogen-bond acceptors (Lipinski definition) is 6. The van der Waals surface area contributed by atoms with Crippen LogP contribution in [0.25, 0.3) is 11.1 Å². The number of benzene rings is 1. The average molecular weight is 530 g/mol. The molecule has 0 aliphatic rings. The number of aryl methyl sites for hydroxylation is 1. The van der Waals surface area contributed by atoms with Crippen LogP contribution in [0.5, 0.6) is 0 Å². The van der Waals surface area contributed by atoms with Gasteiger partial charge in [0.25, 0.3) is 5.91 Å². The third kappa shape index (κ3) is 7.67. The predicted octanol–water partition coefficient (Wildman–Crippen LogP) is 6.57. The molecule has 3 aromatic rings. The van der Waals surface area contributed by atoms with Crippen LogP contribution in [0.3, 0.4) is 0 Å². The van der Waals surface area contributed by atoms with E-state index in [2.05, 4.69) is 62.5 Å². The second-order valence-corrected chi connectivity index (χ2v) is 10.8. The summed E-state index contributed by atoms with van der Waals surface area (Å²) in [4.78, 5) is 26.6. The number of nitrogens with zero attached hydrogens (tertiary/aromatic N) is 4. The van der Waals surface area contributed by atoms with Crippen LogP contribution in [0.1, 0.15) is 69.1 Å². The first-order chi connectivity index (χ1) is 18.6. The molecule has 39 heavy (non-hydrogen) atoms. The lowest BCUT2D eigenvalue weighted by Gasteiger charge is -2.27. The highest BCUT2D eigenvalue weighted by Crippen LogP contribution is 2.32. The van der Waals surface area contributed by atoms with Gasteiger partial charge in [-0.05, 0) is 79.8 Å². The Morgan fingerprint density at radius 1 is 1.05 bits per heavy atom. The highest BCUT2D eigenvalue weighted by atomic mass is 16.3. The quantitative estimate of drug-likeness (QED) is 0.204. The Morgan fingerprint density at radius 2 is 1.77 bits per heavy atom. The molecule has 0 spiro atoms. The molecule has 0 aliphatic heterocycles. The maximum atomic E-state index is 13.2. The Kier molecular flexibility index (Phi) is 10.2. The van der Waals surface area contributed by atoms with Gasteiger partial charge >= 0.3 is 0 Å². The Hall–Kier alpha value is -3.71. The maximum Gasteiger partial charge on any atom is 0.255 e. The predicted molar refractivity (Wildman–Crippen MR) is 163 cm³/mol. The summed E-state index contributed by atoms with van der Waals surface area (Å²) < 4.78 is 0. The van der Waals surface area contributed by atoms with Crippen LogP contribution in [0.15, 0.2) is 61.3 Å². The van der Waals surface area contributed by atoms with E-state index in [0.29, 0.717) is 23.6 Å². The van der Waals surface area contributed by atoms with Gasteiger partial charge in [0.1, 0.15) is 18.4 Å². The molecular weight excluding hydrogens is 486 g/mol. The Morgan fingerprint density at radius 3 is 2.38 bits per heavy atom. The lowest BCUT2D eigenvalue weighted by Crippen LogP contribution is -2.28. The molecule has 0 unspecified atom stereocenters. The van der Waals surface area contributed by atoms with Crippen molar-refractivity contribution in [3.63, 3.8) is 0 Å². The summed E-state index contributed by atoms with van der Waals surface area (Å²) in [5.74, 6) is 1.40. The van der Waals surface area contributed by atoms with E-state index in [4.69, 9.17) is 4.98 Å². The van der Waals surface area contributed by atoms with E-state index in [9.17, 15) is 9.90 Å². The first-order valence-corrected chi connectivity index (χ1v) is 13.7. The van der Waals surface area contributed by atoms with Crippen LogP contribution in [-0.2, 0) is 5.41 Å². The second-order valence-electron chi connectivity index (χ2n) is 10.8. The molecule has 0 saturated carbocycles. The van der Waals surface area contributed by atoms with Crippen LogP contribution in [0.2, 0.25) is 0 Å². The van der Waals surface area contributed by atoms with E-state index in [-0.39, 0.29) is 18.1 Å². The fraction of sp³-hybridized carbons (Fsp3) is 0.406. The van der Waals surface area contributed by atoms with Crippen molar-refractivity contribution in [2.75, 3.05) is 41.5 Å². The molecule has 0 saturated heterocycles. The Balaban J connectivity index is 2.03. The van der Waals surface area contributed by atoms with E-state index in [0.717, 1.165) is 54.1 Å². The zero-order valence-electron chi connectivity index (χ0n) is 24.3. The molecule has 0 atom stereocenters. The van der Waals surface area contributed by atoms with Gasteiger partial charge in [0.05, 0.1) is 0 Å². The Labute approximate surface area is 233 Å². The topological polar surface area (TPSA) is 81.6 Å². The summed E-state index contributed by atoms with van der Waals surface area (Å²) in [5, 5.41) is 13.1. The highest BCUT2D eigenvalue weighted by molar-refractivity contribution is 6.04. The average Bonchev–Trinajstić information content (AvgIpc) is 2.92. The van der Waals surface area contributed by atoms with E-state index < -0.39 is 0 Å². The standard InChI is InChI=1S/C32H43N5O2/c1-8-11-17-37(16-9-2)30-20-25(19-29(35-30)36(10-3)22-38)27-21-26(13-12-23(27)4)34-31(39)24-14-15-33-28(18-24)32(5,6)7/h8,12-15,18-21,38H,1,9-11,16-17,22H2,2-7H3,(H,34,39). The summed E-state index contributed by atoms with van der Waals surface area (Å²) in [6, 6.07) is 13.6. The minimum atomic E-state index is -0.176. The van der Waals surface area contributed by atoms with Crippen molar-refractivity contribution in [3.8, 4) is 11.1 Å². The second kappa shape index (κ2) is 13.4. The number of aromatic nitrogens is 2.